The first-order valence-corrected chi connectivity index (χ1v) is 6.80. The monoisotopic (exact) mass is 295 g/mol. The van der Waals surface area contributed by atoms with Gasteiger partial charge in [0.2, 0.25) is 0 Å². The molecule has 4 rings (SSSR count). The van der Waals surface area contributed by atoms with Crippen LogP contribution < -0.4 is 0 Å². The van der Waals surface area contributed by atoms with Gasteiger partial charge in [-0.05, 0) is 30.2 Å². The second-order valence-electron chi connectivity index (χ2n) is 4.60. The third-order valence-electron chi connectivity index (χ3n) is 3.53. The van der Waals surface area contributed by atoms with Gasteiger partial charge in [-0.25, -0.2) is 4.99 Å². The van der Waals surface area contributed by atoms with E-state index in [0.29, 0.717) is 0 Å². The average molecular weight is 296 g/mol. The summed E-state index contributed by atoms with van der Waals surface area (Å²) in [6.07, 6.45) is 3.28. The van der Waals surface area contributed by atoms with Crippen molar-refractivity contribution < 1.29 is 0 Å². The van der Waals surface area contributed by atoms with Gasteiger partial charge in [-0.1, -0.05) is 46.3 Å². The molecule has 0 radical (unpaired) electrons. The molecule has 0 fully saturated rings. The number of benzene rings is 2. The summed E-state index contributed by atoms with van der Waals surface area (Å²) in [7, 11) is 0. The summed E-state index contributed by atoms with van der Waals surface area (Å²) in [4.78, 5) is 4.78. The second-order valence-corrected chi connectivity index (χ2v) is 5.52. The molecule has 2 aromatic rings. The van der Waals surface area contributed by atoms with Crippen molar-refractivity contribution >= 4 is 32.9 Å². The summed E-state index contributed by atoms with van der Waals surface area (Å²) in [6.45, 7) is 0. The Hall–Kier alpha value is -1.67. The first-order valence-electron chi connectivity index (χ1n) is 6.00. The van der Waals surface area contributed by atoms with Crippen LogP contribution in [0.25, 0.3) is 5.57 Å². The van der Waals surface area contributed by atoms with E-state index in [-0.39, 0.29) is 0 Å². The SMILES string of the molecule is Brc1ccc2c(c1)C1=Nc3ccccc3C1=CC2. The molecule has 0 aromatic heterocycles. The molecule has 0 spiro atoms. The molecule has 1 aliphatic carbocycles. The Bertz CT molecular complexity index is 726. The van der Waals surface area contributed by atoms with Gasteiger partial charge in [0.05, 0.1) is 11.4 Å². The summed E-state index contributed by atoms with van der Waals surface area (Å²) < 4.78 is 1.11. The number of para-hydroxylation sites is 1. The van der Waals surface area contributed by atoms with E-state index in [4.69, 9.17) is 4.99 Å². The predicted octanol–water partition coefficient (Wildman–Crippen LogP) is 4.52. The Morgan fingerprint density at radius 2 is 1.89 bits per heavy atom. The first kappa shape index (κ1) is 10.3. The van der Waals surface area contributed by atoms with Crippen LogP contribution in [0.5, 0.6) is 0 Å². The molecule has 0 saturated carbocycles. The lowest BCUT2D eigenvalue weighted by Crippen LogP contribution is -2.09. The fraction of sp³-hybridized carbons (Fsp3) is 0.0625. The Labute approximate surface area is 114 Å². The zero-order chi connectivity index (χ0) is 12.1. The van der Waals surface area contributed by atoms with Crippen molar-refractivity contribution in [1.82, 2.24) is 0 Å². The zero-order valence-corrected chi connectivity index (χ0v) is 11.2. The molecule has 0 amide bonds. The van der Waals surface area contributed by atoms with Crippen molar-refractivity contribution in [2.24, 2.45) is 4.99 Å². The number of nitrogens with zero attached hydrogens (tertiary/aromatic N) is 1. The zero-order valence-electron chi connectivity index (χ0n) is 9.65. The van der Waals surface area contributed by atoms with Gasteiger partial charge in [-0.3, -0.25) is 0 Å². The molecule has 2 aliphatic rings. The van der Waals surface area contributed by atoms with Crippen LogP contribution in [0.1, 0.15) is 16.7 Å². The number of aliphatic imine (C=N–C) groups is 1. The molecule has 1 heterocycles. The van der Waals surface area contributed by atoms with E-state index in [1.807, 2.05) is 6.07 Å². The number of allylic oxidation sites excluding steroid dienone is 2. The van der Waals surface area contributed by atoms with Gasteiger partial charge in [0, 0.05) is 21.2 Å². The van der Waals surface area contributed by atoms with Crippen molar-refractivity contribution in [3.8, 4) is 0 Å². The van der Waals surface area contributed by atoms with Crippen LogP contribution in [0, 0.1) is 0 Å². The van der Waals surface area contributed by atoms with E-state index >= 15 is 0 Å². The Morgan fingerprint density at radius 1 is 1.00 bits per heavy atom. The lowest BCUT2D eigenvalue weighted by molar-refractivity contribution is 1.24. The molecule has 0 saturated heterocycles. The van der Waals surface area contributed by atoms with Crippen molar-refractivity contribution in [3.05, 3.63) is 69.7 Å². The fourth-order valence-electron chi connectivity index (χ4n) is 2.68. The standard InChI is InChI=1S/C16H10BrN/c17-11-7-5-10-6-8-13-12-3-1-2-4-15(12)18-16(13)14(10)9-11/h1-5,7-9H,6H2. The molecular formula is C16H10BrN. The van der Waals surface area contributed by atoms with E-state index in [1.165, 1.54) is 22.3 Å². The number of hydrogen-bond donors (Lipinski definition) is 0. The van der Waals surface area contributed by atoms with Crippen LogP contribution in [0.2, 0.25) is 0 Å². The van der Waals surface area contributed by atoms with E-state index in [2.05, 4.69) is 58.4 Å². The number of rotatable bonds is 0. The number of halogens is 1. The predicted molar refractivity (Wildman–Crippen MR) is 78.5 cm³/mol. The molecule has 1 aliphatic heterocycles. The first-order chi connectivity index (χ1) is 8.83. The second kappa shape index (κ2) is 3.66. The molecular weight excluding hydrogens is 286 g/mol. The summed E-state index contributed by atoms with van der Waals surface area (Å²) in [5.74, 6) is 0. The van der Waals surface area contributed by atoms with E-state index in [1.54, 1.807) is 0 Å². The van der Waals surface area contributed by atoms with E-state index in [9.17, 15) is 0 Å². The van der Waals surface area contributed by atoms with Gasteiger partial charge in [-0.15, -0.1) is 0 Å². The van der Waals surface area contributed by atoms with Crippen LogP contribution in [0.3, 0.4) is 0 Å². The maximum absolute atomic E-state index is 4.78. The average Bonchev–Trinajstić information content (AvgIpc) is 2.78. The van der Waals surface area contributed by atoms with Crippen molar-refractivity contribution in [3.63, 3.8) is 0 Å². The summed E-state index contributed by atoms with van der Waals surface area (Å²) >= 11 is 3.55. The molecule has 0 atom stereocenters. The lowest BCUT2D eigenvalue weighted by Gasteiger charge is -2.16. The molecule has 1 nitrogen and oxygen atoms in total. The molecule has 2 heteroatoms. The van der Waals surface area contributed by atoms with Gasteiger partial charge in [0.25, 0.3) is 0 Å². The highest BCUT2D eigenvalue weighted by atomic mass is 79.9. The molecule has 0 N–H and O–H groups in total. The van der Waals surface area contributed by atoms with E-state index in [0.717, 1.165) is 22.3 Å². The van der Waals surface area contributed by atoms with Gasteiger partial charge in [0.1, 0.15) is 0 Å². The molecule has 0 unspecified atom stereocenters. The summed E-state index contributed by atoms with van der Waals surface area (Å²) in [5, 5.41) is 0. The normalized spacial score (nSPS) is 15.4. The van der Waals surface area contributed by atoms with Gasteiger partial charge in [0.15, 0.2) is 0 Å². The minimum Gasteiger partial charge on any atom is -0.247 e. The minimum atomic E-state index is 0.991. The smallest absolute Gasteiger partial charge is 0.0788 e. The van der Waals surface area contributed by atoms with Crippen molar-refractivity contribution in [1.29, 1.82) is 0 Å². The van der Waals surface area contributed by atoms with Crippen LogP contribution in [0.4, 0.5) is 5.69 Å². The topological polar surface area (TPSA) is 12.4 Å². The summed E-state index contributed by atoms with van der Waals surface area (Å²) in [5.41, 5.74) is 7.38. The maximum Gasteiger partial charge on any atom is 0.0788 e. The highest BCUT2D eigenvalue weighted by Crippen LogP contribution is 2.40. The van der Waals surface area contributed by atoms with Gasteiger partial charge >= 0.3 is 0 Å². The highest BCUT2D eigenvalue weighted by Gasteiger charge is 2.26. The van der Waals surface area contributed by atoms with Crippen molar-refractivity contribution in [2.75, 3.05) is 0 Å². The van der Waals surface area contributed by atoms with Crippen molar-refractivity contribution in [2.45, 2.75) is 6.42 Å². The van der Waals surface area contributed by atoms with E-state index < -0.39 is 0 Å². The Kier molecular flexibility index (Phi) is 2.09. The fourth-order valence-corrected chi connectivity index (χ4v) is 3.04. The number of hydrogen-bond acceptors (Lipinski definition) is 1. The minimum absolute atomic E-state index is 0.991. The maximum atomic E-state index is 4.78. The largest absolute Gasteiger partial charge is 0.247 e. The lowest BCUT2D eigenvalue weighted by atomic mass is 9.88. The summed E-state index contributed by atoms with van der Waals surface area (Å²) in [6, 6.07) is 14.8. The van der Waals surface area contributed by atoms with Crippen LogP contribution >= 0.6 is 15.9 Å². The van der Waals surface area contributed by atoms with Gasteiger partial charge < -0.3 is 0 Å². The number of fused-ring (bicyclic) bond motifs is 5. The Morgan fingerprint density at radius 3 is 2.83 bits per heavy atom. The molecule has 2 aromatic carbocycles. The third kappa shape index (κ3) is 1.36. The third-order valence-corrected chi connectivity index (χ3v) is 4.03. The van der Waals surface area contributed by atoms with Crippen LogP contribution in [-0.4, -0.2) is 5.71 Å². The quantitative estimate of drug-likeness (QED) is 0.677. The molecule has 18 heavy (non-hydrogen) atoms. The Balaban J connectivity index is 1.98. The highest BCUT2D eigenvalue weighted by molar-refractivity contribution is 9.10. The van der Waals surface area contributed by atoms with Crippen LogP contribution in [0.15, 0.2) is 58.0 Å². The van der Waals surface area contributed by atoms with Crippen LogP contribution in [-0.2, 0) is 6.42 Å². The van der Waals surface area contributed by atoms with Gasteiger partial charge in [-0.2, -0.15) is 0 Å². The molecule has 86 valence electrons. The molecule has 0 bridgehead atoms.